The number of nitrogens with one attached hydrogen (secondary N) is 1. The normalized spacial score (nSPS) is 10.0. The van der Waals surface area contributed by atoms with Gasteiger partial charge in [-0.3, -0.25) is 4.79 Å². The van der Waals surface area contributed by atoms with Gasteiger partial charge < -0.3 is 15.5 Å². The third-order valence-electron chi connectivity index (χ3n) is 3.03. The van der Waals surface area contributed by atoms with Gasteiger partial charge in [-0.15, -0.1) is 12.4 Å². The molecule has 0 atom stereocenters. The van der Waals surface area contributed by atoms with Gasteiger partial charge in [0.05, 0.1) is 12.1 Å². The van der Waals surface area contributed by atoms with E-state index in [4.69, 9.17) is 10.2 Å². The van der Waals surface area contributed by atoms with Crippen molar-refractivity contribution in [3.05, 3.63) is 52.5 Å². The first-order valence-electron chi connectivity index (χ1n) is 6.18. The summed E-state index contributed by atoms with van der Waals surface area (Å²) in [5.74, 6) is 0.418. The lowest BCUT2D eigenvalue weighted by atomic mass is 10.0. The van der Waals surface area contributed by atoms with E-state index in [0.29, 0.717) is 11.3 Å². The average Bonchev–Trinajstić information content (AvgIpc) is 2.82. The van der Waals surface area contributed by atoms with E-state index >= 15 is 0 Å². The van der Waals surface area contributed by atoms with Crippen LogP contribution >= 0.6 is 12.4 Å². The molecule has 4 nitrogen and oxygen atoms in total. The Kier molecular flexibility index (Phi) is 5.36. The fraction of sp³-hybridized carbons (Fsp3) is 0.267. The monoisotopic (exact) mass is 294 g/mol. The van der Waals surface area contributed by atoms with Crippen LogP contribution in [-0.2, 0) is 6.54 Å². The molecule has 0 fully saturated rings. The van der Waals surface area contributed by atoms with Gasteiger partial charge in [-0.2, -0.15) is 0 Å². The van der Waals surface area contributed by atoms with E-state index < -0.39 is 0 Å². The Morgan fingerprint density at radius 3 is 2.30 bits per heavy atom. The highest BCUT2D eigenvalue weighted by molar-refractivity contribution is 6.04. The standard InChI is InChI=1S/C15H18N2O2.ClH/c1-9-4-10(2)14(11(3)5-9)17-15(18)12-6-13(7-16)19-8-12;/h4-6,8H,7,16H2,1-3H3,(H,17,18);1H. The van der Waals surface area contributed by atoms with Crippen molar-refractivity contribution < 1.29 is 9.21 Å². The number of furan rings is 1. The van der Waals surface area contributed by atoms with Gasteiger partial charge in [-0.05, 0) is 38.0 Å². The van der Waals surface area contributed by atoms with Crippen LogP contribution in [0.5, 0.6) is 0 Å². The van der Waals surface area contributed by atoms with Crippen molar-refractivity contribution in [3.63, 3.8) is 0 Å². The fourth-order valence-electron chi connectivity index (χ4n) is 2.17. The van der Waals surface area contributed by atoms with Crippen molar-refractivity contribution in [1.29, 1.82) is 0 Å². The molecule has 20 heavy (non-hydrogen) atoms. The molecule has 0 aliphatic rings. The van der Waals surface area contributed by atoms with Crippen molar-refractivity contribution in [2.75, 3.05) is 5.32 Å². The lowest BCUT2D eigenvalue weighted by molar-refractivity contribution is 0.102. The molecule has 0 aliphatic carbocycles. The summed E-state index contributed by atoms with van der Waals surface area (Å²) in [5, 5.41) is 2.92. The van der Waals surface area contributed by atoms with E-state index in [1.54, 1.807) is 6.07 Å². The van der Waals surface area contributed by atoms with E-state index in [0.717, 1.165) is 16.8 Å². The second-order valence-corrected chi connectivity index (χ2v) is 4.73. The number of carbonyl (C=O) groups is 1. The topological polar surface area (TPSA) is 68.3 Å². The smallest absolute Gasteiger partial charge is 0.258 e. The van der Waals surface area contributed by atoms with Gasteiger partial charge in [0, 0.05) is 5.69 Å². The van der Waals surface area contributed by atoms with Gasteiger partial charge in [-0.1, -0.05) is 17.7 Å². The molecule has 0 bridgehead atoms. The highest BCUT2D eigenvalue weighted by Crippen LogP contribution is 2.22. The van der Waals surface area contributed by atoms with Gasteiger partial charge in [-0.25, -0.2) is 0 Å². The number of anilines is 1. The van der Waals surface area contributed by atoms with Crippen LogP contribution in [0.4, 0.5) is 5.69 Å². The minimum Gasteiger partial charge on any atom is -0.467 e. The number of halogens is 1. The lowest BCUT2D eigenvalue weighted by Gasteiger charge is -2.12. The third kappa shape index (κ3) is 3.40. The molecular weight excluding hydrogens is 276 g/mol. The maximum atomic E-state index is 12.1. The number of benzene rings is 1. The molecule has 3 N–H and O–H groups in total. The predicted octanol–water partition coefficient (Wildman–Crippen LogP) is 3.34. The van der Waals surface area contributed by atoms with Gasteiger partial charge in [0.2, 0.25) is 0 Å². The molecule has 0 unspecified atom stereocenters. The Labute approximate surface area is 124 Å². The van der Waals surface area contributed by atoms with Crippen LogP contribution in [0.3, 0.4) is 0 Å². The van der Waals surface area contributed by atoms with Crippen LogP contribution in [0.2, 0.25) is 0 Å². The molecule has 1 amide bonds. The highest BCUT2D eigenvalue weighted by atomic mass is 35.5. The van der Waals surface area contributed by atoms with Crippen LogP contribution < -0.4 is 11.1 Å². The van der Waals surface area contributed by atoms with Crippen molar-refractivity contribution in [2.24, 2.45) is 5.73 Å². The number of aryl methyl sites for hydroxylation is 3. The molecule has 0 spiro atoms. The van der Waals surface area contributed by atoms with Crippen LogP contribution in [0, 0.1) is 20.8 Å². The summed E-state index contributed by atoms with van der Waals surface area (Å²) >= 11 is 0. The lowest BCUT2D eigenvalue weighted by Crippen LogP contribution is -2.13. The first-order valence-corrected chi connectivity index (χ1v) is 6.18. The summed E-state index contributed by atoms with van der Waals surface area (Å²) in [6.07, 6.45) is 1.43. The van der Waals surface area contributed by atoms with Crippen LogP contribution in [0.25, 0.3) is 0 Å². The Hall–Kier alpha value is -1.78. The third-order valence-corrected chi connectivity index (χ3v) is 3.03. The number of rotatable bonds is 3. The van der Waals surface area contributed by atoms with E-state index in [1.165, 1.54) is 11.8 Å². The van der Waals surface area contributed by atoms with Gasteiger partial charge in [0.15, 0.2) is 0 Å². The van der Waals surface area contributed by atoms with E-state index in [1.807, 2.05) is 32.9 Å². The molecule has 1 aromatic carbocycles. The quantitative estimate of drug-likeness (QED) is 0.912. The summed E-state index contributed by atoms with van der Waals surface area (Å²) in [6, 6.07) is 5.75. The number of hydrogen-bond acceptors (Lipinski definition) is 3. The summed E-state index contributed by atoms with van der Waals surface area (Å²) in [7, 11) is 0. The number of carbonyl (C=O) groups excluding carboxylic acids is 1. The van der Waals surface area contributed by atoms with E-state index in [-0.39, 0.29) is 24.9 Å². The Morgan fingerprint density at radius 2 is 1.80 bits per heavy atom. The molecule has 0 radical (unpaired) electrons. The van der Waals surface area contributed by atoms with Crippen LogP contribution in [-0.4, -0.2) is 5.91 Å². The molecule has 0 saturated carbocycles. The molecule has 2 rings (SSSR count). The molecule has 1 heterocycles. The maximum Gasteiger partial charge on any atom is 0.258 e. The molecule has 0 saturated heterocycles. The molecule has 108 valence electrons. The Bertz CT molecular complexity index is 597. The minimum absolute atomic E-state index is 0. The van der Waals surface area contributed by atoms with Crippen molar-refractivity contribution in [1.82, 2.24) is 0 Å². The zero-order valence-corrected chi connectivity index (χ0v) is 12.6. The van der Waals surface area contributed by atoms with Crippen LogP contribution in [0.15, 0.2) is 28.9 Å². The van der Waals surface area contributed by atoms with Crippen molar-refractivity contribution in [3.8, 4) is 0 Å². The Balaban J connectivity index is 0.00000200. The fourth-order valence-corrected chi connectivity index (χ4v) is 2.17. The number of nitrogens with two attached hydrogens (primary N) is 1. The first-order chi connectivity index (χ1) is 9.01. The SMILES string of the molecule is Cc1cc(C)c(NC(=O)c2coc(CN)c2)c(C)c1.Cl. The van der Waals surface area contributed by atoms with Gasteiger partial charge in [0.25, 0.3) is 5.91 Å². The summed E-state index contributed by atoms with van der Waals surface area (Å²) < 4.78 is 5.17. The molecule has 1 aromatic heterocycles. The second kappa shape index (κ2) is 6.59. The molecule has 5 heteroatoms. The first kappa shape index (κ1) is 16.3. The predicted molar refractivity (Wildman–Crippen MR) is 82.5 cm³/mol. The van der Waals surface area contributed by atoms with E-state index in [9.17, 15) is 4.79 Å². The zero-order valence-electron chi connectivity index (χ0n) is 11.8. The average molecular weight is 295 g/mol. The maximum absolute atomic E-state index is 12.1. The summed E-state index contributed by atoms with van der Waals surface area (Å²) in [5.41, 5.74) is 10.1. The number of amides is 1. The molecule has 2 aromatic rings. The summed E-state index contributed by atoms with van der Waals surface area (Å²) in [4.78, 5) is 12.1. The van der Waals surface area contributed by atoms with Crippen molar-refractivity contribution >= 4 is 24.0 Å². The van der Waals surface area contributed by atoms with Gasteiger partial charge >= 0.3 is 0 Å². The summed E-state index contributed by atoms with van der Waals surface area (Å²) in [6.45, 7) is 6.29. The second-order valence-electron chi connectivity index (χ2n) is 4.73. The minimum atomic E-state index is -0.182. The molecular formula is C15H19ClN2O2. The Morgan fingerprint density at radius 1 is 1.20 bits per heavy atom. The zero-order chi connectivity index (χ0) is 14.0. The van der Waals surface area contributed by atoms with E-state index in [2.05, 4.69) is 5.32 Å². The van der Waals surface area contributed by atoms with Gasteiger partial charge in [0.1, 0.15) is 12.0 Å². The van der Waals surface area contributed by atoms with Crippen molar-refractivity contribution in [2.45, 2.75) is 27.3 Å². The van der Waals surface area contributed by atoms with Crippen LogP contribution in [0.1, 0.15) is 32.8 Å². The largest absolute Gasteiger partial charge is 0.467 e. The molecule has 0 aliphatic heterocycles. The highest BCUT2D eigenvalue weighted by Gasteiger charge is 2.12. The number of hydrogen-bond donors (Lipinski definition) is 2.